The van der Waals surface area contributed by atoms with Gasteiger partial charge < -0.3 is 15.5 Å². The van der Waals surface area contributed by atoms with Crippen molar-refractivity contribution in [2.24, 2.45) is 0 Å². The normalized spacial score (nSPS) is 17.1. The van der Waals surface area contributed by atoms with E-state index in [1.54, 1.807) is 0 Å². The topological polar surface area (TPSA) is 61.4 Å². The van der Waals surface area contributed by atoms with Gasteiger partial charge in [-0.3, -0.25) is 4.79 Å². The van der Waals surface area contributed by atoms with Crippen molar-refractivity contribution in [3.05, 3.63) is 30.1 Å². The van der Waals surface area contributed by atoms with Gasteiger partial charge in [-0.1, -0.05) is 5.92 Å². The Morgan fingerprint density at radius 2 is 2.14 bits per heavy atom. The number of carbonyl (C=O) groups excluding carboxylic acids is 2. The number of hydrogen-bond acceptors (Lipinski definition) is 3. The number of benzene rings is 1. The molecule has 1 atom stereocenters. The van der Waals surface area contributed by atoms with Crippen molar-refractivity contribution in [2.75, 3.05) is 23.5 Å². The van der Waals surface area contributed by atoms with Crippen molar-refractivity contribution in [1.29, 1.82) is 0 Å². The second-order valence-corrected chi connectivity index (χ2v) is 5.34. The number of urea groups is 1. The van der Waals surface area contributed by atoms with Crippen LogP contribution in [0, 0.1) is 18.2 Å². The van der Waals surface area contributed by atoms with Crippen LogP contribution >= 0.6 is 11.8 Å². The molecule has 21 heavy (non-hydrogen) atoms. The van der Waals surface area contributed by atoms with Crippen LogP contribution in [-0.2, 0) is 4.79 Å². The highest BCUT2D eigenvalue weighted by Crippen LogP contribution is 2.22. The summed E-state index contributed by atoms with van der Waals surface area (Å²) in [7, 11) is 0. The van der Waals surface area contributed by atoms with Gasteiger partial charge in [0, 0.05) is 11.4 Å². The Labute approximate surface area is 126 Å². The molecule has 1 saturated heterocycles. The third-order valence-corrected chi connectivity index (χ3v) is 3.92. The molecule has 0 aliphatic carbocycles. The Morgan fingerprint density at radius 1 is 1.43 bits per heavy atom. The van der Waals surface area contributed by atoms with Crippen LogP contribution in [0.5, 0.6) is 0 Å². The van der Waals surface area contributed by atoms with Crippen LogP contribution in [0.25, 0.3) is 0 Å². The van der Waals surface area contributed by atoms with Crippen molar-refractivity contribution in [3.63, 3.8) is 0 Å². The number of amides is 3. The summed E-state index contributed by atoms with van der Waals surface area (Å²) in [5.74, 6) is 2.61. The molecule has 1 aromatic rings. The minimum atomic E-state index is -0.552. The van der Waals surface area contributed by atoms with E-state index in [0.29, 0.717) is 17.3 Å². The fraction of sp³-hybridized carbons (Fsp3) is 0.286. The number of anilines is 1. The molecular formula is C14H14FN3O2S. The van der Waals surface area contributed by atoms with E-state index in [1.165, 1.54) is 40.9 Å². The van der Waals surface area contributed by atoms with E-state index < -0.39 is 12.1 Å². The zero-order valence-corrected chi connectivity index (χ0v) is 12.0. The number of rotatable bonds is 3. The molecular weight excluding hydrogens is 293 g/mol. The summed E-state index contributed by atoms with van der Waals surface area (Å²) in [6.07, 6.45) is 5.09. The average Bonchev–Trinajstić information content (AvgIpc) is 2.96. The van der Waals surface area contributed by atoms with Gasteiger partial charge >= 0.3 is 6.03 Å². The molecule has 1 heterocycles. The van der Waals surface area contributed by atoms with Gasteiger partial charge in [-0.05, 0) is 24.3 Å². The maximum Gasteiger partial charge on any atom is 0.323 e. The molecule has 0 bridgehead atoms. The Balaban J connectivity index is 1.99. The van der Waals surface area contributed by atoms with E-state index in [9.17, 15) is 14.0 Å². The molecule has 0 aromatic heterocycles. The summed E-state index contributed by atoms with van der Waals surface area (Å²) >= 11 is 1.49. The van der Waals surface area contributed by atoms with Crippen LogP contribution < -0.4 is 10.6 Å². The van der Waals surface area contributed by atoms with Crippen LogP contribution in [0.1, 0.15) is 0 Å². The van der Waals surface area contributed by atoms with Crippen LogP contribution in [-0.4, -0.2) is 41.1 Å². The molecule has 1 aromatic carbocycles. The summed E-state index contributed by atoms with van der Waals surface area (Å²) in [5, 5.41) is 5.21. The minimum Gasteiger partial charge on any atom is -0.343 e. The van der Waals surface area contributed by atoms with Gasteiger partial charge in [0.15, 0.2) is 0 Å². The van der Waals surface area contributed by atoms with Crippen molar-refractivity contribution >= 4 is 29.4 Å². The van der Waals surface area contributed by atoms with Gasteiger partial charge in [-0.15, -0.1) is 18.2 Å². The molecule has 1 aliphatic heterocycles. The van der Waals surface area contributed by atoms with E-state index >= 15 is 0 Å². The Morgan fingerprint density at radius 3 is 2.81 bits per heavy atom. The van der Waals surface area contributed by atoms with Gasteiger partial charge in [0.25, 0.3) is 0 Å². The molecule has 2 rings (SSSR count). The van der Waals surface area contributed by atoms with Gasteiger partial charge in [-0.25, -0.2) is 9.18 Å². The lowest BCUT2D eigenvalue weighted by Crippen LogP contribution is -2.48. The van der Waals surface area contributed by atoms with E-state index in [0.717, 1.165) is 0 Å². The monoisotopic (exact) mass is 307 g/mol. The summed E-state index contributed by atoms with van der Waals surface area (Å²) in [5.41, 5.74) is 0.473. The van der Waals surface area contributed by atoms with Gasteiger partial charge in [0.1, 0.15) is 11.9 Å². The number of nitrogens with zero attached hydrogens (tertiary/aromatic N) is 1. The third-order valence-electron chi connectivity index (χ3n) is 2.91. The first-order valence-electron chi connectivity index (χ1n) is 6.24. The number of carbonyl (C=O) groups is 2. The van der Waals surface area contributed by atoms with Crippen LogP contribution in [0.2, 0.25) is 0 Å². The molecule has 110 valence electrons. The molecule has 1 fully saturated rings. The highest BCUT2D eigenvalue weighted by atomic mass is 32.2. The SMILES string of the molecule is C#CCNC(=O)C1CSCN1C(=O)Nc1ccc(F)cc1. The summed E-state index contributed by atoms with van der Waals surface area (Å²) < 4.78 is 12.8. The van der Waals surface area contributed by atoms with Crippen molar-refractivity contribution in [1.82, 2.24) is 10.2 Å². The highest BCUT2D eigenvalue weighted by molar-refractivity contribution is 7.99. The lowest BCUT2D eigenvalue weighted by Gasteiger charge is -2.23. The summed E-state index contributed by atoms with van der Waals surface area (Å²) in [6.45, 7) is 0.132. The zero-order valence-electron chi connectivity index (χ0n) is 11.1. The first-order chi connectivity index (χ1) is 10.1. The fourth-order valence-electron chi connectivity index (χ4n) is 1.84. The largest absolute Gasteiger partial charge is 0.343 e. The molecule has 0 spiro atoms. The van der Waals surface area contributed by atoms with Gasteiger partial charge in [-0.2, -0.15) is 0 Å². The molecule has 7 heteroatoms. The second kappa shape index (κ2) is 6.99. The Hall–Kier alpha value is -2.20. The first-order valence-corrected chi connectivity index (χ1v) is 7.39. The quantitative estimate of drug-likeness (QED) is 0.832. The van der Waals surface area contributed by atoms with E-state index in [2.05, 4.69) is 16.6 Å². The number of thioether (sulfide) groups is 1. The summed E-state index contributed by atoms with van der Waals surface area (Å²) in [6, 6.07) is 4.49. The highest BCUT2D eigenvalue weighted by Gasteiger charge is 2.34. The maximum absolute atomic E-state index is 12.8. The smallest absolute Gasteiger partial charge is 0.323 e. The summed E-state index contributed by atoms with van der Waals surface area (Å²) in [4.78, 5) is 25.5. The van der Waals surface area contributed by atoms with Crippen molar-refractivity contribution in [2.45, 2.75) is 6.04 Å². The standard InChI is InChI=1S/C14H14FN3O2S/c1-2-7-16-13(19)12-8-21-9-18(12)14(20)17-11-5-3-10(15)4-6-11/h1,3-6,12H,7-9H2,(H,16,19)(H,17,20). The van der Waals surface area contributed by atoms with E-state index in [4.69, 9.17) is 6.42 Å². The maximum atomic E-state index is 12.8. The zero-order chi connectivity index (χ0) is 15.2. The molecule has 0 saturated carbocycles. The number of terminal acetylenes is 1. The molecule has 2 N–H and O–H groups in total. The van der Waals surface area contributed by atoms with Gasteiger partial charge in [0.05, 0.1) is 12.4 Å². The lowest BCUT2D eigenvalue weighted by atomic mass is 10.2. The van der Waals surface area contributed by atoms with Gasteiger partial charge in [0.2, 0.25) is 5.91 Å². The third kappa shape index (κ3) is 3.89. The van der Waals surface area contributed by atoms with E-state index in [-0.39, 0.29) is 18.3 Å². The number of nitrogens with one attached hydrogen (secondary N) is 2. The molecule has 5 nitrogen and oxygen atoms in total. The van der Waals surface area contributed by atoms with Crippen LogP contribution in [0.4, 0.5) is 14.9 Å². The fourth-order valence-corrected chi connectivity index (χ4v) is 3.00. The number of halogens is 1. The minimum absolute atomic E-state index is 0.132. The van der Waals surface area contributed by atoms with Crippen LogP contribution in [0.15, 0.2) is 24.3 Å². The first kappa shape index (κ1) is 15.2. The molecule has 1 unspecified atom stereocenters. The van der Waals surface area contributed by atoms with Crippen molar-refractivity contribution in [3.8, 4) is 12.3 Å². The predicted octanol–water partition coefficient (Wildman–Crippen LogP) is 1.48. The number of hydrogen-bond donors (Lipinski definition) is 2. The second-order valence-electron chi connectivity index (χ2n) is 4.34. The van der Waals surface area contributed by atoms with Crippen LogP contribution in [0.3, 0.4) is 0 Å². The Kier molecular flexibility index (Phi) is 5.06. The van der Waals surface area contributed by atoms with E-state index in [1.807, 2.05) is 0 Å². The predicted molar refractivity (Wildman–Crippen MR) is 80.2 cm³/mol. The average molecular weight is 307 g/mol. The Bertz CT molecular complexity index is 571. The lowest BCUT2D eigenvalue weighted by molar-refractivity contribution is -0.124. The molecule has 1 aliphatic rings. The van der Waals surface area contributed by atoms with Crippen molar-refractivity contribution < 1.29 is 14.0 Å². The molecule has 3 amide bonds. The molecule has 0 radical (unpaired) electrons.